The Morgan fingerprint density at radius 2 is 1.07 bits per heavy atom. The minimum atomic E-state index is -1.40. The molecule has 2 aliphatic rings. The maximum Gasteiger partial charge on any atom is 0.256 e. The highest BCUT2D eigenvalue weighted by Crippen LogP contribution is 2.31. The van der Waals surface area contributed by atoms with Gasteiger partial charge in [-0.3, -0.25) is 19.2 Å². The lowest BCUT2D eigenvalue weighted by Gasteiger charge is -2.26. The Bertz CT molecular complexity index is 2030. The first-order chi connectivity index (χ1) is 27.6. The first kappa shape index (κ1) is 39.1. The minimum Gasteiger partial charge on any atom is -0.436 e. The van der Waals surface area contributed by atoms with E-state index in [4.69, 9.17) is 13.9 Å². The number of carbonyl (C=O) groups is 4. The van der Waals surface area contributed by atoms with Gasteiger partial charge in [-0.15, -0.1) is 0 Å². The van der Waals surface area contributed by atoms with Gasteiger partial charge < -0.3 is 44.5 Å². The second-order valence-electron chi connectivity index (χ2n) is 14.0. The molecule has 294 valence electrons. The van der Waals surface area contributed by atoms with E-state index in [1.54, 1.807) is 115 Å². The molecule has 7 rings (SSSR count). The zero-order chi connectivity index (χ0) is 40.1. The summed E-state index contributed by atoms with van der Waals surface area (Å²) < 4.78 is 17.0. The fourth-order valence-corrected chi connectivity index (χ4v) is 7.20. The van der Waals surface area contributed by atoms with E-state index in [1.165, 1.54) is 24.0 Å². The maximum absolute atomic E-state index is 13.4. The zero-order valence-electron chi connectivity index (χ0n) is 31.4. The summed E-state index contributed by atoms with van der Waals surface area (Å²) >= 11 is 0. The van der Waals surface area contributed by atoms with Gasteiger partial charge in [-0.05, 0) is 59.7 Å². The van der Waals surface area contributed by atoms with Crippen LogP contribution in [0.1, 0.15) is 36.2 Å². The van der Waals surface area contributed by atoms with Crippen molar-refractivity contribution in [2.45, 2.75) is 49.3 Å². The summed E-state index contributed by atoms with van der Waals surface area (Å²) in [6.45, 7) is 0.359. The van der Waals surface area contributed by atoms with Crippen molar-refractivity contribution in [2.24, 2.45) is 0 Å². The predicted octanol–water partition coefficient (Wildman–Crippen LogP) is 4.58. The van der Waals surface area contributed by atoms with E-state index in [1.807, 2.05) is 0 Å². The van der Waals surface area contributed by atoms with Crippen LogP contribution in [0, 0.1) is 0 Å². The van der Waals surface area contributed by atoms with Crippen LogP contribution >= 0.6 is 0 Å². The average Bonchev–Trinajstić information content (AvgIpc) is 4.03. The van der Waals surface area contributed by atoms with Crippen molar-refractivity contribution in [3.05, 3.63) is 127 Å². The van der Waals surface area contributed by atoms with Crippen LogP contribution in [-0.4, -0.2) is 100 Å². The Labute approximate surface area is 329 Å². The molecule has 4 aromatic carbocycles. The zero-order valence-corrected chi connectivity index (χ0v) is 31.4. The lowest BCUT2D eigenvalue weighted by Crippen LogP contribution is -2.45. The van der Waals surface area contributed by atoms with Crippen LogP contribution in [0.2, 0.25) is 0 Å². The van der Waals surface area contributed by atoms with Crippen LogP contribution in [0.3, 0.4) is 0 Å². The molecule has 2 aliphatic heterocycles. The van der Waals surface area contributed by atoms with E-state index >= 15 is 0 Å². The normalized spacial score (nSPS) is 20.2. The standard InChI is InChI=1S/C43H43N5O9/c1-55-32-21-34(47(24-32)42(53)37(49)27-9-5-3-6-10-27)39(51)45-30-17-13-26(14-18-30)36-23-44-41(57-36)29-15-19-31(20-16-29)46-40(52)35-22-33(56-2)25-48(35)43(54)38(50)28-11-7-4-8-12-28/h3-20,23,32-35,37-38,49-50H,21-22,24-25H2,1-2H3,(H,45,51)(H,46,52)/t32-,33-,34-,35-,37+,38+/m0/s1. The van der Waals surface area contributed by atoms with E-state index in [9.17, 15) is 29.4 Å². The number of aliphatic hydroxyl groups excluding tert-OH is 2. The van der Waals surface area contributed by atoms with Gasteiger partial charge in [0.05, 0.1) is 18.4 Å². The number of anilines is 2. The largest absolute Gasteiger partial charge is 0.436 e. The van der Waals surface area contributed by atoms with Crippen LogP contribution in [0.25, 0.3) is 22.8 Å². The van der Waals surface area contributed by atoms with Crippen LogP contribution in [-0.2, 0) is 28.7 Å². The summed E-state index contributed by atoms with van der Waals surface area (Å²) in [4.78, 5) is 60.6. The highest BCUT2D eigenvalue weighted by Gasteiger charge is 2.43. The van der Waals surface area contributed by atoms with Crippen LogP contribution in [0.5, 0.6) is 0 Å². The predicted molar refractivity (Wildman–Crippen MR) is 209 cm³/mol. The van der Waals surface area contributed by atoms with Gasteiger partial charge in [0.15, 0.2) is 18.0 Å². The van der Waals surface area contributed by atoms with Crippen LogP contribution in [0.15, 0.2) is 120 Å². The Morgan fingerprint density at radius 3 is 1.49 bits per heavy atom. The smallest absolute Gasteiger partial charge is 0.256 e. The minimum absolute atomic E-state index is 0.179. The van der Waals surface area contributed by atoms with Gasteiger partial charge >= 0.3 is 0 Å². The van der Waals surface area contributed by atoms with E-state index in [0.717, 1.165) is 0 Å². The molecule has 0 bridgehead atoms. The Morgan fingerprint density at radius 1 is 0.649 bits per heavy atom. The molecule has 2 fully saturated rings. The number of likely N-dealkylation sites (tertiary alicyclic amines) is 2. The highest BCUT2D eigenvalue weighted by atomic mass is 16.5. The molecule has 0 radical (unpaired) electrons. The Kier molecular flexibility index (Phi) is 11.9. The number of rotatable bonds is 12. The van der Waals surface area contributed by atoms with Crippen molar-refractivity contribution < 1.29 is 43.3 Å². The number of oxazole rings is 1. The third-order valence-corrected chi connectivity index (χ3v) is 10.4. The number of aliphatic hydroxyl groups is 2. The molecular weight excluding hydrogens is 730 g/mol. The molecule has 0 saturated carbocycles. The van der Waals surface area contributed by atoms with Crippen molar-refractivity contribution in [3.8, 4) is 22.8 Å². The molecule has 5 aromatic rings. The number of aromatic nitrogens is 1. The molecule has 14 heteroatoms. The summed E-state index contributed by atoms with van der Waals surface area (Å²) in [5.74, 6) is -1.09. The summed E-state index contributed by atoms with van der Waals surface area (Å²) in [7, 11) is 3.05. The number of hydrogen-bond acceptors (Lipinski definition) is 10. The van der Waals surface area contributed by atoms with Crippen molar-refractivity contribution in [1.29, 1.82) is 0 Å². The highest BCUT2D eigenvalue weighted by molar-refractivity contribution is 5.99. The first-order valence-electron chi connectivity index (χ1n) is 18.5. The second-order valence-corrected chi connectivity index (χ2v) is 14.0. The van der Waals surface area contributed by atoms with Gasteiger partial charge in [0.2, 0.25) is 17.7 Å². The maximum atomic E-state index is 13.4. The van der Waals surface area contributed by atoms with Gasteiger partial charge in [-0.2, -0.15) is 0 Å². The molecule has 0 aliphatic carbocycles. The van der Waals surface area contributed by atoms with Crippen molar-refractivity contribution in [2.75, 3.05) is 37.9 Å². The molecule has 14 nitrogen and oxygen atoms in total. The summed E-state index contributed by atoms with van der Waals surface area (Å²) in [6, 6.07) is 29.4. The fourth-order valence-electron chi connectivity index (χ4n) is 7.20. The topological polar surface area (TPSA) is 184 Å². The molecule has 2 saturated heterocycles. The van der Waals surface area contributed by atoms with E-state index < -0.39 is 47.9 Å². The lowest BCUT2D eigenvalue weighted by atomic mass is 10.1. The molecule has 1 aromatic heterocycles. The van der Waals surface area contributed by atoms with Gasteiger partial charge in [-0.25, -0.2) is 4.98 Å². The van der Waals surface area contributed by atoms with Crippen LogP contribution < -0.4 is 10.6 Å². The summed E-state index contributed by atoms with van der Waals surface area (Å²) in [5, 5.41) is 27.3. The molecule has 0 spiro atoms. The monoisotopic (exact) mass is 773 g/mol. The van der Waals surface area contributed by atoms with Gasteiger partial charge in [0.1, 0.15) is 12.1 Å². The van der Waals surface area contributed by atoms with Gasteiger partial charge in [0, 0.05) is 62.7 Å². The van der Waals surface area contributed by atoms with Crippen molar-refractivity contribution in [3.63, 3.8) is 0 Å². The van der Waals surface area contributed by atoms with E-state index in [2.05, 4.69) is 15.6 Å². The van der Waals surface area contributed by atoms with Crippen LogP contribution in [0.4, 0.5) is 11.4 Å². The van der Waals surface area contributed by atoms with Gasteiger partial charge in [0.25, 0.3) is 11.8 Å². The number of ether oxygens (including phenoxy) is 2. The molecule has 0 unspecified atom stereocenters. The first-order valence-corrected chi connectivity index (χ1v) is 18.5. The second kappa shape index (κ2) is 17.3. The fraction of sp³-hybridized carbons (Fsp3) is 0.279. The summed E-state index contributed by atoms with van der Waals surface area (Å²) in [6.07, 6.45) is -1.35. The number of hydrogen-bond donors (Lipinski definition) is 4. The molecule has 4 N–H and O–H groups in total. The van der Waals surface area contributed by atoms with Gasteiger partial charge in [-0.1, -0.05) is 60.7 Å². The van der Waals surface area contributed by atoms with E-state index in [-0.39, 0.29) is 38.1 Å². The molecule has 3 heterocycles. The van der Waals surface area contributed by atoms with Crippen molar-refractivity contribution in [1.82, 2.24) is 14.8 Å². The quantitative estimate of drug-likeness (QED) is 0.140. The van der Waals surface area contributed by atoms with Crippen molar-refractivity contribution >= 4 is 35.0 Å². The third-order valence-electron chi connectivity index (χ3n) is 10.4. The number of benzene rings is 4. The number of nitrogens with zero attached hydrogens (tertiary/aromatic N) is 3. The Balaban J connectivity index is 0.962. The Hall–Kier alpha value is -6.19. The third kappa shape index (κ3) is 8.64. The number of carbonyl (C=O) groups excluding carboxylic acids is 4. The average molecular weight is 774 g/mol. The number of nitrogens with one attached hydrogen (secondary N) is 2. The molecule has 4 amide bonds. The molecular formula is C43H43N5O9. The molecule has 57 heavy (non-hydrogen) atoms. The van der Waals surface area contributed by atoms with E-state index in [0.29, 0.717) is 45.3 Å². The number of methoxy groups -OCH3 is 2. The SMILES string of the molecule is CO[C@H]1C[C@@H](C(=O)Nc2ccc(-c3cnc(-c4ccc(NC(=O)[C@@H]5C[C@H](OC)CN5C(=O)[C@H](O)c5ccccc5)cc4)o3)cc2)N(C(=O)[C@H](O)c2ccccc2)C1. The number of amides is 4. The lowest BCUT2D eigenvalue weighted by molar-refractivity contribution is -0.144. The summed E-state index contributed by atoms with van der Waals surface area (Å²) in [5.41, 5.74) is 3.27. The molecule has 6 atom stereocenters.